The average Bonchev–Trinajstić information content (AvgIpc) is 2.45. The minimum Gasteiger partial charge on any atom is -0.492 e. The van der Waals surface area contributed by atoms with Gasteiger partial charge in [-0.25, -0.2) is 4.39 Å². The van der Waals surface area contributed by atoms with Crippen molar-refractivity contribution in [3.63, 3.8) is 0 Å². The third-order valence-electron chi connectivity index (χ3n) is 3.02. The summed E-state index contributed by atoms with van der Waals surface area (Å²) in [6.07, 6.45) is 0.534. The van der Waals surface area contributed by atoms with Crippen LogP contribution in [0.25, 0.3) is 0 Å². The van der Waals surface area contributed by atoms with E-state index >= 15 is 0 Å². The number of hydrogen-bond donors (Lipinski definition) is 0. The molecule has 0 saturated heterocycles. The molecule has 0 aliphatic heterocycles. The van der Waals surface area contributed by atoms with Crippen molar-refractivity contribution in [2.24, 2.45) is 0 Å². The maximum atomic E-state index is 12.9. The Hall–Kier alpha value is -0.960. The van der Waals surface area contributed by atoms with Crippen LogP contribution in [-0.4, -0.2) is 6.61 Å². The van der Waals surface area contributed by atoms with Gasteiger partial charge in [0.15, 0.2) is 0 Å². The lowest BCUT2D eigenvalue weighted by Crippen LogP contribution is -1.99. The van der Waals surface area contributed by atoms with Crippen LogP contribution in [0.1, 0.15) is 23.4 Å². The molecule has 0 bridgehead atoms. The molecule has 0 N–H and O–H groups in total. The van der Waals surface area contributed by atoms with Crippen LogP contribution in [0.15, 0.2) is 36.4 Å². The first-order valence-corrected chi connectivity index (χ1v) is 7.70. The zero-order valence-corrected chi connectivity index (χ0v) is 13.6. The van der Waals surface area contributed by atoms with E-state index in [9.17, 15) is 4.39 Å². The number of ether oxygens (including phenoxy) is 1. The largest absolute Gasteiger partial charge is 0.492 e. The summed E-state index contributed by atoms with van der Waals surface area (Å²) in [6, 6.07) is 9.61. The summed E-state index contributed by atoms with van der Waals surface area (Å²) >= 11 is 18.8. The highest BCUT2D eigenvalue weighted by Gasteiger charge is 2.16. The fourth-order valence-corrected chi connectivity index (χ4v) is 2.91. The van der Waals surface area contributed by atoms with Gasteiger partial charge in [-0.3, -0.25) is 0 Å². The highest BCUT2D eigenvalue weighted by Crippen LogP contribution is 2.37. The van der Waals surface area contributed by atoms with E-state index in [0.717, 1.165) is 11.1 Å². The van der Waals surface area contributed by atoms with Gasteiger partial charge in [0.25, 0.3) is 0 Å². The maximum absolute atomic E-state index is 12.9. The number of rotatable bonds is 5. The molecule has 0 spiro atoms. The minimum absolute atomic E-state index is 0.271. The summed E-state index contributed by atoms with van der Waals surface area (Å²) in [5.41, 5.74) is 1.66. The van der Waals surface area contributed by atoms with E-state index in [0.29, 0.717) is 28.8 Å². The molecule has 21 heavy (non-hydrogen) atoms. The number of halogens is 4. The van der Waals surface area contributed by atoms with Crippen molar-refractivity contribution in [2.45, 2.75) is 18.7 Å². The predicted molar refractivity (Wildman–Crippen MR) is 86.3 cm³/mol. The van der Waals surface area contributed by atoms with Gasteiger partial charge in [-0.1, -0.05) is 35.3 Å². The fourth-order valence-electron chi connectivity index (χ4n) is 1.99. The summed E-state index contributed by atoms with van der Waals surface area (Å²) < 4.78 is 18.3. The molecular formula is C16H14Cl3FO. The molecule has 2 rings (SSSR count). The van der Waals surface area contributed by atoms with Crippen LogP contribution in [0.3, 0.4) is 0 Å². The second-order valence-electron chi connectivity index (χ2n) is 4.54. The molecule has 0 radical (unpaired) electrons. The first-order valence-electron chi connectivity index (χ1n) is 6.51. The van der Waals surface area contributed by atoms with Gasteiger partial charge in [-0.05, 0) is 42.7 Å². The highest BCUT2D eigenvalue weighted by atomic mass is 35.5. The van der Waals surface area contributed by atoms with Gasteiger partial charge in [0, 0.05) is 11.1 Å². The Morgan fingerprint density at radius 1 is 1.10 bits per heavy atom. The van der Waals surface area contributed by atoms with Crippen molar-refractivity contribution in [1.82, 2.24) is 0 Å². The predicted octanol–water partition coefficient (Wildman–Crippen LogP) is 6.05. The molecule has 1 atom stereocenters. The molecule has 112 valence electrons. The Morgan fingerprint density at radius 3 is 2.38 bits per heavy atom. The summed E-state index contributed by atoms with van der Waals surface area (Å²) in [7, 11) is 0. The van der Waals surface area contributed by atoms with E-state index in [4.69, 9.17) is 39.5 Å². The van der Waals surface area contributed by atoms with E-state index < -0.39 is 0 Å². The first-order chi connectivity index (χ1) is 10.0. The summed E-state index contributed by atoms with van der Waals surface area (Å²) in [5.74, 6) is 0.269. The molecule has 2 aromatic rings. The van der Waals surface area contributed by atoms with Crippen LogP contribution in [0.2, 0.25) is 10.0 Å². The Morgan fingerprint density at radius 2 is 1.76 bits per heavy atom. The van der Waals surface area contributed by atoms with Gasteiger partial charge in [0.2, 0.25) is 0 Å². The quantitative estimate of drug-likeness (QED) is 0.598. The van der Waals surface area contributed by atoms with E-state index in [1.54, 1.807) is 24.3 Å². The van der Waals surface area contributed by atoms with Crippen LogP contribution < -0.4 is 4.74 Å². The van der Waals surface area contributed by atoms with E-state index in [-0.39, 0.29) is 11.2 Å². The van der Waals surface area contributed by atoms with Crippen molar-refractivity contribution in [3.8, 4) is 5.75 Å². The second-order valence-corrected chi connectivity index (χ2v) is 5.88. The molecular weight excluding hydrogens is 334 g/mol. The Balaban J connectivity index is 2.20. The van der Waals surface area contributed by atoms with Gasteiger partial charge in [-0.2, -0.15) is 0 Å². The van der Waals surface area contributed by atoms with Crippen LogP contribution in [0.4, 0.5) is 4.39 Å². The van der Waals surface area contributed by atoms with Crippen molar-refractivity contribution in [3.05, 3.63) is 63.4 Å². The van der Waals surface area contributed by atoms with Gasteiger partial charge in [0.1, 0.15) is 11.6 Å². The number of alkyl halides is 1. The summed E-state index contributed by atoms with van der Waals surface area (Å²) in [5, 5.41) is 0.627. The van der Waals surface area contributed by atoms with Gasteiger partial charge in [-0.15, -0.1) is 11.6 Å². The highest BCUT2D eigenvalue weighted by molar-refractivity contribution is 6.35. The van der Waals surface area contributed by atoms with Gasteiger partial charge >= 0.3 is 0 Å². The van der Waals surface area contributed by atoms with Crippen LogP contribution in [-0.2, 0) is 6.42 Å². The van der Waals surface area contributed by atoms with Crippen molar-refractivity contribution >= 4 is 34.8 Å². The second kappa shape index (κ2) is 7.35. The lowest BCUT2D eigenvalue weighted by molar-refractivity contribution is 0.340. The van der Waals surface area contributed by atoms with Crippen LogP contribution in [0, 0.1) is 5.82 Å². The summed E-state index contributed by atoms with van der Waals surface area (Å²) in [4.78, 5) is 0. The fraction of sp³-hybridized carbons (Fsp3) is 0.250. The van der Waals surface area contributed by atoms with E-state index in [2.05, 4.69) is 0 Å². The van der Waals surface area contributed by atoms with Crippen molar-refractivity contribution < 1.29 is 9.13 Å². The number of benzene rings is 2. The third-order valence-corrected chi connectivity index (χ3v) is 4.03. The topological polar surface area (TPSA) is 9.23 Å². The Labute approximate surface area is 138 Å². The molecule has 2 aromatic carbocycles. The normalized spacial score (nSPS) is 12.2. The van der Waals surface area contributed by atoms with E-state index in [1.165, 1.54) is 12.1 Å². The average molecular weight is 348 g/mol. The number of hydrogen-bond acceptors (Lipinski definition) is 1. The molecule has 1 unspecified atom stereocenters. The standard InChI is InChI=1S/C16H14Cl3FO/c1-2-21-16-9-14(18)12(8-15(16)19)13(17)7-10-3-5-11(20)6-4-10/h3-6,8-9,13H,2,7H2,1H3. The monoisotopic (exact) mass is 346 g/mol. The molecule has 5 heteroatoms. The van der Waals surface area contributed by atoms with Gasteiger partial charge in [0.05, 0.1) is 17.0 Å². The molecule has 0 fully saturated rings. The first kappa shape index (κ1) is 16.4. The minimum atomic E-state index is -0.351. The Bertz CT molecular complexity index is 614. The Kier molecular flexibility index (Phi) is 5.74. The van der Waals surface area contributed by atoms with E-state index in [1.807, 2.05) is 6.92 Å². The maximum Gasteiger partial charge on any atom is 0.139 e. The summed E-state index contributed by atoms with van der Waals surface area (Å²) in [6.45, 7) is 2.38. The third kappa shape index (κ3) is 4.26. The molecule has 0 aliphatic rings. The molecule has 0 aromatic heterocycles. The lowest BCUT2D eigenvalue weighted by atomic mass is 10.0. The van der Waals surface area contributed by atoms with Crippen LogP contribution in [0.5, 0.6) is 5.75 Å². The zero-order chi connectivity index (χ0) is 15.4. The van der Waals surface area contributed by atoms with Crippen molar-refractivity contribution in [2.75, 3.05) is 6.61 Å². The molecule has 0 amide bonds. The zero-order valence-electron chi connectivity index (χ0n) is 11.4. The van der Waals surface area contributed by atoms with Gasteiger partial charge < -0.3 is 4.74 Å². The lowest BCUT2D eigenvalue weighted by Gasteiger charge is -2.14. The molecule has 0 aliphatic carbocycles. The molecule has 0 saturated carbocycles. The van der Waals surface area contributed by atoms with Crippen LogP contribution >= 0.6 is 34.8 Å². The smallest absolute Gasteiger partial charge is 0.139 e. The molecule has 1 nitrogen and oxygen atoms in total. The molecule has 0 heterocycles. The SMILES string of the molecule is CCOc1cc(Cl)c(C(Cl)Cc2ccc(F)cc2)cc1Cl. The van der Waals surface area contributed by atoms with Crippen molar-refractivity contribution in [1.29, 1.82) is 0 Å².